The van der Waals surface area contributed by atoms with Crippen LogP contribution in [0.4, 0.5) is 10.1 Å². The first-order chi connectivity index (χ1) is 6.24. The number of benzene rings is 1. The summed E-state index contributed by atoms with van der Waals surface area (Å²) in [5.41, 5.74) is 2.51. The van der Waals surface area contributed by atoms with Crippen LogP contribution in [0.3, 0.4) is 0 Å². The van der Waals surface area contributed by atoms with Gasteiger partial charge in [-0.05, 0) is 18.1 Å². The summed E-state index contributed by atoms with van der Waals surface area (Å²) in [6.45, 7) is 5.64. The Balaban J connectivity index is 3.36. The number of nitrogens with one attached hydrogen (secondary N) is 1. The molecule has 13 heavy (non-hydrogen) atoms. The molecule has 0 aliphatic carbocycles. The Morgan fingerprint density at radius 3 is 2.69 bits per heavy atom. The number of aryl methyl sites for hydroxylation is 1. The molecule has 0 heterocycles. The molecule has 0 radical (unpaired) electrons. The molecule has 0 aliphatic rings. The standard InChI is InChI=1S/C11H14FN/c1-4-8-6-7-10(12)9(5-2)11(8)13-3/h5-7,13H,2,4H2,1,3H3. The minimum Gasteiger partial charge on any atom is -0.387 e. The maximum atomic E-state index is 13.2. The zero-order chi connectivity index (χ0) is 9.84. The molecule has 1 N–H and O–H groups in total. The minimum atomic E-state index is -0.225. The number of halogens is 1. The van der Waals surface area contributed by atoms with Crippen LogP contribution in [0.2, 0.25) is 0 Å². The third kappa shape index (κ3) is 1.72. The van der Waals surface area contributed by atoms with E-state index in [4.69, 9.17) is 0 Å². The average Bonchev–Trinajstić information content (AvgIpc) is 2.17. The smallest absolute Gasteiger partial charge is 0.132 e. The average molecular weight is 179 g/mol. The van der Waals surface area contributed by atoms with Crippen LogP contribution in [-0.4, -0.2) is 7.05 Å². The van der Waals surface area contributed by atoms with E-state index >= 15 is 0 Å². The third-order valence-electron chi connectivity index (χ3n) is 2.11. The van der Waals surface area contributed by atoms with Gasteiger partial charge in [-0.3, -0.25) is 0 Å². The molecule has 0 saturated carbocycles. The van der Waals surface area contributed by atoms with Crippen LogP contribution in [0.15, 0.2) is 18.7 Å². The minimum absolute atomic E-state index is 0.225. The van der Waals surface area contributed by atoms with Crippen molar-refractivity contribution in [3.8, 4) is 0 Å². The molecule has 0 amide bonds. The van der Waals surface area contributed by atoms with Crippen LogP contribution >= 0.6 is 0 Å². The Hall–Kier alpha value is -1.31. The van der Waals surface area contributed by atoms with Gasteiger partial charge in [0.2, 0.25) is 0 Å². The topological polar surface area (TPSA) is 12.0 Å². The van der Waals surface area contributed by atoms with E-state index in [1.807, 2.05) is 6.92 Å². The number of hydrogen-bond donors (Lipinski definition) is 1. The molecule has 0 bridgehead atoms. The summed E-state index contributed by atoms with van der Waals surface area (Å²) in [6, 6.07) is 3.28. The Labute approximate surface area is 78.3 Å². The fraction of sp³-hybridized carbons (Fsp3) is 0.273. The van der Waals surface area contributed by atoms with Crippen LogP contribution in [0, 0.1) is 5.82 Å². The monoisotopic (exact) mass is 179 g/mol. The fourth-order valence-electron chi connectivity index (χ4n) is 1.43. The van der Waals surface area contributed by atoms with Crippen LogP contribution < -0.4 is 5.32 Å². The van der Waals surface area contributed by atoms with Gasteiger partial charge in [0.25, 0.3) is 0 Å². The van der Waals surface area contributed by atoms with Crippen molar-refractivity contribution in [1.29, 1.82) is 0 Å². The van der Waals surface area contributed by atoms with Crippen molar-refractivity contribution in [3.05, 3.63) is 35.7 Å². The maximum absolute atomic E-state index is 13.2. The van der Waals surface area contributed by atoms with Crippen molar-refractivity contribution in [1.82, 2.24) is 0 Å². The Bertz CT molecular complexity index is 318. The molecule has 0 atom stereocenters. The zero-order valence-electron chi connectivity index (χ0n) is 8.02. The van der Waals surface area contributed by atoms with Crippen molar-refractivity contribution in [2.45, 2.75) is 13.3 Å². The molecular weight excluding hydrogens is 165 g/mol. The van der Waals surface area contributed by atoms with E-state index < -0.39 is 0 Å². The number of anilines is 1. The van der Waals surface area contributed by atoms with Gasteiger partial charge in [0, 0.05) is 18.3 Å². The lowest BCUT2D eigenvalue weighted by Gasteiger charge is -2.11. The fourth-order valence-corrected chi connectivity index (χ4v) is 1.43. The van der Waals surface area contributed by atoms with Crippen LogP contribution in [-0.2, 0) is 6.42 Å². The molecule has 1 nitrogen and oxygen atoms in total. The van der Waals surface area contributed by atoms with Crippen LogP contribution in [0.1, 0.15) is 18.1 Å². The molecular formula is C11H14FN. The van der Waals surface area contributed by atoms with Gasteiger partial charge in [-0.15, -0.1) is 0 Å². The zero-order valence-corrected chi connectivity index (χ0v) is 8.02. The molecule has 2 heteroatoms. The predicted octanol–water partition coefficient (Wildman–Crippen LogP) is 3.07. The highest BCUT2D eigenvalue weighted by molar-refractivity contribution is 5.69. The second-order valence-electron chi connectivity index (χ2n) is 2.80. The Morgan fingerprint density at radius 1 is 1.54 bits per heavy atom. The predicted molar refractivity (Wildman–Crippen MR) is 55.4 cm³/mol. The first-order valence-corrected chi connectivity index (χ1v) is 4.36. The molecule has 0 saturated heterocycles. The molecule has 1 aromatic rings. The highest BCUT2D eigenvalue weighted by Gasteiger charge is 2.07. The second kappa shape index (κ2) is 4.08. The van der Waals surface area contributed by atoms with Gasteiger partial charge in [0.1, 0.15) is 5.82 Å². The van der Waals surface area contributed by atoms with Gasteiger partial charge in [-0.2, -0.15) is 0 Å². The Kier molecular flexibility index (Phi) is 3.07. The van der Waals surface area contributed by atoms with Gasteiger partial charge in [-0.25, -0.2) is 4.39 Å². The number of rotatable bonds is 3. The van der Waals surface area contributed by atoms with Crippen molar-refractivity contribution in [3.63, 3.8) is 0 Å². The van der Waals surface area contributed by atoms with E-state index in [0.717, 1.165) is 17.7 Å². The van der Waals surface area contributed by atoms with Gasteiger partial charge >= 0.3 is 0 Å². The second-order valence-corrected chi connectivity index (χ2v) is 2.80. The first kappa shape index (κ1) is 9.78. The van der Waals surface area contributed by atoms with Gasteiger partial charge < -0.3 is 5.32 Å². The summed E-state index contributed by atoms with van der Waals surface area (Å²) >= 11 is 0. The van der Waals surface area contributed by atoms with Gasteiger partial charge in [0.15, 0.2) is 0 Å². The van der Waals surface area contributed by atoms with E-state index in [2.05, 4.69) is 11.9 Å². The summed E-state index contributed by atoms with van der Waals surface area (Å²) in [4.78, 5) is 0. The van der Waals surface area contributed by atoms with E-state index in [9.17, 15) is 4.39 Å². The third-order valence-corrected chi connectivity index (χ3v) is 2.11. The quantitative estimate of drug-likeness (QED) is 0.751. The number of hydrogen-bond acceptors (Lipinski definition) is 1. The largest absolute Gasteiger partial charge is 0.387 e. The molecule has 1 aromatic carbocycles. The lowest BCUT2D eigenvalue weighted by atomic mass is 10.0. The molecule has 0 aliphatic heterocycles. The molecule has 0 fully saturated rings. The van der Waals surface area contributed by atoms with Crippen molar-refractivity contribution < 1.29 is 4.39 Å². The highest BCUT2D eigenvalue weighted by Crippen LogP contribution is 2.24. The summed E-state index contributed by atoms with van der Waals surface area (Å²) in [5, 5.41) is 3.00. The summed E-state index contributed by atoms with van der Waals surface area (Å²) < 4.78 is 13.2. The summed E-state index contributed by atoms with van der Waals surface area (Å²) in [6.07, 6.45) is 2.43. The van der Waals surface area contributed by atoms with Crippen LogP contribution in [0.25, 0.3) is 6.08 Å². The van der Waals surface area contributed by atoms with Crippen molar-refractivity contribution >= 4 is 11.8 Å². The Morgan fingerprint density at radius 2 is 2.23 bits per heavy atom. The van der Waals surface area contributed by atoms with Crippen molar-refractivity contribution in [2.24, 2.45) is 0 Å². The summed E-state index contributed by atoms with van der Waals surface area (Å²) in [5.74, 6) is -0.225. The van der Waals surface area contributed by atoms with E-state index in [1.54, 1.807) is 19.2 Å². The lowest BCUT2D eigenvalue weighted by molar-refractivity contribution is 0.625. The SMILES string of the molecule is C=Cc1c(F)ccc(CC)c1NC. The van der Waals surface area contributed by atoms with Crippen LogP contribution in [0.5, 0.6) is 0 Å². The lowest BCUT2D eigenvalue weighted by Crippen LogP contribution is -1.99. The van der Waals surface area contributed by atoms with Gasteiger partial charge in [0.05, 0.1) is 0 Å². The van der Waals surface area contributed by atoms with E-state index in [0.29, 0.717) is 5.56 Å². The summed E-state index contributed by atoms with van der Waals surface area (Å²) in [7, 11) is 1.79. The highest BCUT2D eigenvalue weighted by atomic mass is 19.1. The van der Waals surface area contributed by atoms with Crippen molar-refractivity contribution in [2.75, 3.05) is 12.4 Å². The molecule has 0 unspecified atom stereocenters. The molecule has 0 aromatic heterocycles. The maximum Gasteiger partial charge on any atom is 0.132 e. The van der Waals surface area contributed by atoms with Gasteiger partial charge in [-0.1, -0.05) is 25.6 Å². The normalized spacial score (nSPS) is 9.77. The molecule has 0 spiro atoms. The first-order valence-electron chi connectivity index (χ1n) is 4.36. The molecule has 70 valence electrons. The van der Waals surface area contributed by atoms with E-state index in [1.165, 1.54) is 6.07 Å². The van der Waals surface area contributed by atoms with E-state index in [-0.39, 0.29) is 5.82 Å². The molecule has 1 rings (SSSR count).